The second kappa shape index (κ2) is 5.63. The minimum absolute atomic E-state index is 0.157. The van der Waals surface area contributed by atoms with Gasteiger partial charge in [-0.25, -0.2) is 0 Å². The van der Waals surface area contributed by atoms with Crippen LogP contribution in [0, 0.1) is 0 Å². The van der Waals surface area contributed by atoms with Crippen LogP contribution in [-0.4, -0.2) is 12.9 Å². The van der Waals surface area contributed by atoms with Crippen LogP contribution in [0.1, 0.15) is 30.7 Å². The molecule has 0 fully saturated rings. The number of ketones is 1. The van der Waals surface area contributed by atoms with Crippen molar-refractivity contribution in [2.75, 3.05) is 7.11 Å². The van der Waals surface area contributed by atoms with E-state index in [0.717, 1.165) is 15.8 Å². The number of hydrogen-bond donors (Lipinski definition) is 0. The zero-order valence-electron chi connectivity index (χ0n) is 8.25. The Balaban J connectivity index is 2.76. The molecular formula is C10H13BrO2S. The number of carbonyl (C=O) groups excluding carboxylic acids is 1. The van der Waals surface area contributed by atoms with Crippen LogP contribution in [0.25, 0.3) is 0 Å². The van der Waals surface area contributed by atoms with E-state index in [1.165, 1.54) is 0 Å². The fourth-order valence-electron chi connectivity index (χ4n) is 1.25. The summed E-state index contributed by atoms with van der Waals surface area (Å²) in [6.45, 7) is 1.99. The molecule has 1 aromatic rings. The zero-order valence-corrected chi connectivity index (χ0v) is 10.7. The smallest absolute Gasteiger partial charge is 0.166 e. The van der Waals surface area contributed by atoms with E-state index >= 15 is 0 Å². The number of rotatable bonds is 5. The van der Waals surface area contributed by atoms with E-state index in [-0.39, 0.29) is 11.9 Å². The monoisotopic (exact) mass is 276 g/mol. The van der Waals surface area contributed by atoms with Gasteiger partial charge in [0, 0.05) is 28.3 Å². The number of carbonyl (C=O) groups is 1. The van der Waals surface area contributed by atoms with Gasteiger partial charge in [0.05, 0.1) is 0 Å². The Morgan fingerprint density at radius 1 is 1.71 bits per heavy atom. The lowest BCUT2D eigenvalue weighted by molar-refractivity contribution is -0.129. The molecule has 4 heteroatoms. The second-order valence-corrected chi connectivity index (χ2v) is 4.86. The molecule has 0 N–H and O–H groups in total. The highest BCUT2D eigenvalue weighted by Gasteiger charge is 2.20. The first-order valence-electron chi connectivity index (χ1n) is 4.48. The summed E-state index contributed by atoms with van der Waals surface area (Å²) < 4.78 is 6.21. The third kappa shape index (κ3) is 2.90. The fraction of sp³-hybridized carbons (Fsp3) is 0.500. The highest BCUT2D eigenvalue weighted by atomic mass is 79.9. The third-order valence-electron chi connectivity index (χ3n) is 1.87. The Bertz CT molecular complexity index is 309. The summed E-state index contributed by atoms with van der Waals surface area (Å²) in [5, 5.41) is 1.96. The fourth-order valence-corrected chi connectivity index (χ4v) is 2.79. The lowest BCUT2D eigenvalue weighted by Gasteiger charge is -2.11. The number of Topliss-reactive ketones (excluding diaryl/α,β-unsaturated/α-hetero) is 1. The van der Waals surface area contributed by atoms with Gasteiger partial charge in [-0.3, -0.25) is 4.79 Å². The summed E-state index contributed by atoms with van der Waals surface area (Å²) in [4.78, 5) is 12.6. The molecule has 0 spiro atoms. The first-order chi connectivity index (χ1) is 6.69. The van der Waals surface area contributed by atoms with E-state index in [1.54, 1.807) is 18.4 Å². The molecule has 0 saturated carbocycles. The molecule has 1 heterocycles. The van der Waals surface area contributed by atoms with E-state index in [0.29, 0.717) is 6.42 Å². The number of methoxy groups -OCH3 is 1. The van der Waals surface area contributed by atoms with Crippen LogP contribution in [0.4, 0.5) is 0 Å². The van der Waals surface area contributed by atoms with Gasteiger partial charge in [0.15, 0.2) is 5.78 Å². The van der Waals surface area contributed by atoms with Gasteiger partial charge in [-0.15, -0.1) is 11.3 Å². The van der Waals surface area contributed by atoms with Crippen molar-refractivity contribution in [3.05, 3.63) is 20.8 Å². The lowest BCUT2D eigenvalue weighted by Crippen LogP contribution is -2.12. The molecular weight excluding hydrogens is 264 g/mol. The van der Waals surface area contributed by atoms with Crippen LogP contribution in [0.3, 0.4) is 0 Å². The molecule has 0 aliphatic rings. The average molecular weight is 277 g/mol. The molecule has 78 valence electrons. The SMILES string of the molecule is CCCC(=O)C(OC)c1cc(Br)cs1. The summed E-state index contributed by atoms with van der Waals surface area (Å²) in [5.41, 5.74) is 0. The van der Waals surface area contributed by atoms with Crippen LogP contribution in [0.15, 0.2) is 15.9 Å². The number of hydrogen-bond acceptors (Lipinski definition) is 3. The van der Waals surface area contributed by atoms with Crippen molar-refractivity contribution in [1.82, 2.24) is 0 Å². The normalized spacial score (nSPS) is 12.8. The average Bonchev–Trinajstić information content (AvgIpc) is 2.54. The molecule has 1 aromatic heterocycles. The second-order valence-electron chi connectivity index (χ2n) is 3.00. The van der Waals surface area contributed by atoms with Crippen molar-refractivity contribution in [1.29, 1.82) is 0 Å². The van der Waals surface area contributed by atoms with Gasteiger partial charge in [-0.05, 0) is 28.4 Å². The van der Waals surface area contributed by atoms with Gasteiger partial charge in [-0.2, -0.15) is 0 Å². The molecule has 0 aliphatic heterocycles. The molecule has 2 nitrogen and oxygen atoms in total. The summed E-state index contributed by atoms with van der Waals surface area (Å²) in [7, 11) is 1.58. The maximum Gasteiger partial charge on any atom is 0.166 e. The van der Waals surface area contributed by atoms with Gasteiger partial charge in [0.25, 0.3) is 0 Å². The minimum Gasteiger partial charge on any atom is -0.368 e. The molecule has 1 atom stereocenters. The van der Waals surface area contributed by atoms with E-state index < -0.39 is 0 Å². The largest absolute Gasteiger partial charge is 0.368 e. The Hall–Kier alpha value is -0.190. The summed E-state index contributed by atoms with van der Waals surface area (Å²) in [5.74, 6) is 0.157. The molecule has 0 radical (unpaired) electrons. The Morgan fingerprint density at radius 2 is 2.43 bits per heavy atom. The summed E-state index contributed by atoms with van der Waals surface area (Å²) in [6, 6.07) is 1.94. The molecule has 0 bridgehead atoms. The maximum absolute atomic E-state index is 11.7. The van der Waals surface area contributed by atoms with Gasteiger partial charge in [0.2, 0.25) is 0 Å². The predicted molar refractivity (Wildman–Crippen MR) is 61.7 cm³/mol. The van der Waals surface area contributed by atoms with Crippen LogP contribution >= 0.6 is 27.3 Å². The van der Waals surface area contributed by atoms with Gasteiger partial charge < -0.3 is 4.74 Å². The molecule has 0 aromatic carbocycles. The summed E-state index contributed by atoms with van der Waals surface area (Å²) in [6.07, 6.45) is 1.06. The van der Waals surface area contributed by atoms with Crippen LogP contribution in [0.2, 0.25) is 0 Å². The highest BCUT2D eigenvalue weighted by molar-refractivity contribution is 9.10. The molecule has 1 rings (SSSR count). The van der Waals surface area contributed by atoms with Crippen molar-refractivity contribution < 1.29 is 9.53 Å². The zero-order chi connectivity index (χ0) is 10.6. The van der Waals surface area contributed by atoms with Gasteiger partial charge >= 0.3 is 0 Å². The first kappa shape index (κ1) is 11.9. The Labute approximate surface area is 96.4 Å². The molecule has 0 aliphatic carbocycles. The van der Waals surface area contributed by atoms with E-state index in [1.807, 2.05) is 18.4 Å². The molecule has 1 unspecified atom stereocenters. The van der Waals surface area contributed by atoms with Crippen LogP contribution in [-0.2, 0) is 9.53 Å². The van der Waals surface area contributed by atoms with Crippen LogP contribution < -0.4 is 0 Å². The highest BCUT2D eigenvalue weighted by Crippen LogP contribution is 2.28. The topological polar surface area (TPSA) is 26.3 Å². The lowest BCUT2D eigenvalue weighted by atomic mass is 10.1. The summed E-state index contributed by atoms with van der Waals surface area (Å²) >= 11 is 4.91. The molecule has 14 heavy (non-hydrogen) atoms. The first-order valence-corrected chi connectivity index (χ1v) is 6.15. The third-order valence-corrected chi connectivity index (χ3v) is 3.61. The van der Waals surface area contributed by atoms with Crippen molar-refractivity contribution in [3.63, 3.8) is 0 Å². The minimum atomic E-state index is -0.383. The molecule has 0 amide bonds. The van der Waals surface area contributed by atoms with E-state index in [9.17, 15) is 4.79 Å². The number of halogens is 1. The van der Waals surface area contributed by atoms with E-state index in [4.69, 9.17) is 4.74 Å². The predicted octanol–water partition coefficient (Wildman–Crippen LogP) is 3.57. The quantitative estimate of drug-likeness (QED) is 0.822. The van der Waals surface area contributed by atoms with Crippen molar-refractivity contribution in [2.24, 2.45) is 0 Å². The molecule has 0 saturated heterocycles. The Morgan fingerprint density at radius 3 is 2.86 bits per heavy atom. The number of thiophene rings is 1. The maximum atomic E-state index is 11.7. The Kier molecular flexibility index (Phi) is 4.78. The van der Waals surface area contributed by atoms with Crippen molar-refractivity contribution >= 4 is 33.0 Å². The standard InChI is InChI=1S/C10H13BrO2S/c1-3-4-8(12)10(13-2)9-5-7(11)6-14-9/h5-6,10H,3-4H2,1-2H3. The van der Waals surface area contributed by atoms with Gasteiger partial charge in [0.1, 0.15) is 6.10 Å². The van der Waals surface area contributed by atoms with E-state index in [2.05, 4.69) is 15.9 Å². The van der Waals surface area contributed by atoms with Crippen LogP contribution in [0.5, 0.6) is 0 Å². The van der Waals surface area contributed by atoms with Gasteiger partial charge in [-0.1, -0.05) is 6.92 Å². The van der Waals surface area contributed by atoms with Crippen molar-refractivity contribution in [3.8, 4) is 0 Å². The van der Waals surface area contributed by atoms with Crippen molar-refractivity contribution in [2.45, 2.75) is 25.9 Å². The number of ether oxygens (including phenoxy) is 1.